The molecular weight excluding hydrogens is 408 g/mol. The van der Waals surface area contributed by atoms with Crippen LogP contribution in [0.5, 0.6) is 0 Å². The van der Waals surface area contributed by atoms with Crippen LogP contribution in [0.15, 0.2) is 54.6 Å². The van der Waals surface area contributed by atoms with Crippen LogP contribution in [-0.4, -0.2) is 30.5 Å². The predicted octanol–water partition coefficient (Wildman–Crippen LogP) is 2.56. The lowest BCUT2D eigenvalue weighted by Gasteiger charge is -2.16. The van der Waals surface area contributed by atoms with Crippen molar-refractivity contribution in [1.29, 1.82) is 5.26 Å². The number of carbonyl (C=O) groups excluding carboxylic acids is 3. The number of unbranched alkanes of at least 4 members (excludes halogenated alkanes) is 2. The molecule has 32 heavy (non-hydrogen) atoms. The Kier molecular flexibility index (Phi) is 10.3. The third kappa shape index (κ3) is 8.88. The lowest BCUT2D eigenvalue weighted by molar-refractivity contribution is -0.127. The highest BCUT2D eigenvalue weighted by Crippen LogP contribution is 2.10. The van der Waals surface area contributed by atoms with Crippen molar-refractivity contribution in [2.45, 2.75) is 44.8 Å². The summed E-state index contributed by atoms with van der Waals surface area (Å²) in [4.78, 5) is 35.6. The van der Waals surface area contributed by atoms with Gasteiger partial charge >= 0.3 is 6.09 Å². The molecule has 0 radical (unpaired) electrons. The molecule has 0 aliphatic rings. The van der Waals surface area contributed by atoms with E-state index < -0.39 is 18.0 Å². The standard InChI is InChI=1S/C24H28N4O4/c25-16-20-12-7-6-11-19(20)15-21(23(26)30)28-22(29)13-5-2-8-14-27-24(31)32-17-18-9-3-1-4-10-18/h1,3-4,6-7,9-12,21H,2,5,8,13-15,17H2,(H2,26,30)(H,27,31)(H,28,29)/t21-/m0/s1. The molecule has 0 bridgehead atoms. The number of hydrogen-bond donors (Lipinski definition) is 3. The molecule has 0 aliphatic carbocycles. The quantitative estimate of drug-likeness (QED) is 0.440. The first-order chi connectivity index (χ1) is 15.5. The number of rotatable bonds is 12. The van der Waals surface area contributed by atoms with Crippen molar-refractivity contribution >= 4 is 17.9 Å². The number of hydrogen-bond acceptors (Lipinski definition) is 5. The van der Waals surface area contributed by atoms with E-state index in [-0.39, 0.29) is 25.4 Å². The number of primary amides is 1. The van der Waals surface area contributed by atoms with Crippen LogP contribution in [0, 0.1) is 11.3 Å². The van der Waals surface area contributed by atoms with E-state index in [1.807, 2.05) is 30.3 Å². The summed E-state index contributed by atoms with van der Waals surface area (Å²) < 4.78 is 5.13. The zero-order valence-corrected chi connectivity index (χ0v) is 17.9. The van der Waals surface area contributed by atoms with Gasteiger partial charge in [-0.25, -0.2) is 4.79 Å². The molecule has 0 spiro atoms. The van der Waals surface area contributed by atoms with Gasteiger partial charge in [0.05, 0.1) is 11.6 Å². The molecule has 0 fully saturated rings. The fraction of sp³-hybridized carbons (Fsp3) is 0.333. The van der Waals surface area contributed by atoms with Crippen molar-refractivity contribution in [2.75, 3.05) is 6.54 Å². The number of amides is 3. The Morgan fingerprint density at radius 3 is 2.44 bits per heavy atom. The van der Waals surface area contributed by atoms with Crippen LogP contribution >= 0.6 is 0 Å². The molecule has 0 aromatic heterocycles. The average Bonchev–Trinajstić information content (AvgIpc) is 2.80. The largest absolute Gasteiger partial charge is 0.445 e. The van der Waals surface area contributed by atoms with Gasteiger partial charge in [-0.15, -0.1) is 0 Å². The van der Waals surface area contributed by atoms with Gasteiger partial charge in [-0.1, -0.05) is 55.0 Å². The Balaban J connectivity index is 1.62. The number of alkyl carbamates (subject to hydrolysis) is 1. The Hall–Kier alpha value is -3.86. The third-order valence-electron chi connectivity index (χ3n) is 4.80. The minimum Gasteiger partial charge on any atom is -0.445 e. The van der Waals surface area contributed by atoms with Crippen LogP contribution < -0.4 is 16.4 Å². The van der Waals surface area contributed by atoms with Crippen molar-refractivity contribution < 1.29 is 19.1 Å². The first-order valence-corrected chi connectivity index (χ1v) is 10.5. The van der Waals surface area contributed by atoms with E-state index >= 15 is 0 Å². The molecular formula is C24H28N4O4. The Bertz CT molecular complexity index is 941. The molecule has 2 aromatic carbocycles. The molecule has 0 unspecified atom stereocenters. The van der Waals surface area contributed by atoms with E-state index in [1.54, 1.807) is 24.3 Å². The highest BCUT2D eigenvalue weighted by molar-refractivity contribution is 5.86. The Labute approximate surface area is 187 Å². The normalized spacial score (nSPS) is 11.1. The molecule has 4 N–H and O–H groups in total. The molecule has 0 saturated heterocycles. The topological polar surface area (TPSA) is 134 Å². The summed E-state index contributed by atoms with van der Waals surface area (Å²) in [5.41, 5.74) is 7.44. The monoisotopic (exact) mass is 436 g/mol. The first kappa shape index (κ1) is 24.4. The van der Waals surface area contributed by atoms with Gasteiger partial charge in [-0.05, 0) is 30.0 Å². The van der Waals surface area contributed by atoms with Crippen LogP contribution in [0.25, 0.3) is 0 Å². The first-order valence-electron chi connectivity index (χ1n) is 10.5. The third-order valence-corrected chi connectivity index (χ3v) is 4.80. The zero-order chi connectivity index (χ0) is 23.2. The maximum absolute atomic E-state index is 12.2. The van der Waals surface area contributed by atoms with Crippen molar-refractivity contribution in [1.82, 2.24) is 10.6 Å². The minimum absolute atomic E-state index is 0.166. The summed E-state index contributed by atoms with van der Waals surface area (Å²) in [6.45, 7) is 0.664. The molecule has 2 aromatic rings. The van der Waals surface area contributed by atoms with E-state index in [0.29, 0.717) is 30.5 Å². The second-order valence-electron chi connectivity index (χ2n) is 7.29. The Morgan fingerprint density at radius 2 is 1.72 bits per heavy atom. The number of nitriles is 1. The lowest BCUT2D eigenvalue weighted by Crippen LogP contribution is -2.45. The second kappa shape index (κ2) is 13.4. The van der Waals surface area contributed by atoms with E-state index in [2.05, 4.69) is 16.7 Å². The number of benzene rings is 2. The molecule has 0 aliphatic heterocycles. The summed E-state index contributed by atoms with van der Waals surface area (Å²) in [5.74, 6) is -0.928. The molecule has 168 valence electrons. The van der Waals surface area contributed by atoms with Gasteiger partial charge in [0.15, 0.2) is 0 Å². The van der Waals surface area contributed by atoms with Gasteiger partial charge in [0, 0.05) is 19.4 Å². The van der Waals surface area contributed by atoms with Crippen LogP contribution in [0.3, 0.4) is 0 Å². The molecule has 3 amide bonds. The SMILES string of the molecule is N#Cc1ccccc1C[C@H](NC(=O)CCCCCNC(=O)OCc1ccccc1)C(N)=O. The van der Waals surface area contributed by atoms with Gasteiger partial charge in [0.2, 0.25) is 11.8 Å². The van der Waals surface area contributed by atoms with Gasteiger partial charge in [0.1, 0.15) is 12.6 Å². The van der Waals surface area contributed by atoms with Crippen molar-refractivity contribution in [3.05, 3.63) is 71.3 Å². The highest BCUT2D eigenvalue weighted by atomic mass is 16.5. The Morgan fingerprint density at radius 1 is 1.00 bits per heavy atom. The molecule has 0 heterocycles. The maximum Gasteiger partial charge on any atom is 0.407 e. The number of carbonyl (C=O) groups is 3. The number of ether oxygens (including phenoxy) is 1. The van der Waals surface area contributed by atoms with Crippen molar-refractivity contribution in [3.63, 3.8) is 0 Å². The van der Waals surface area contributed by atoms with Gasteiger partial charge in [0.25, 0.3) is 0 Å². The van der Waals surface area contributed by atoms with Crippen molar-refractivity contribution in [3.8, 4) is 6.07 Å². The maximum atomic E-state index is 12.2. The van der Waals surface area contributed by atoms with E-state index in [4.69, 9.17) is 15.7 Å². The number of nitrogens with one attached hydrogen (secondary N) is 2. The van der Waals surface area contributed by atoms with Gasteiger partial charge in [-0.3, -0.25) is 9.59 Å². The van der Waals surface area contributed by atoms with E-state index in [9.17, 15) is 14.4 Å². The molecule has 1 atom stereocenters. The van der Waals surface area contributed by atoms with Crippen molar-refractivity contribution in [2.24, 2.45) is 5.73 Å². The zero-order valence-electron chi connectivity index (χ0n) is 17.9. The van der Waals surface area contributed by atoms with Gasteiger partial charge in [-0.2, -0.15) is 5.26 Å². The summed E-state index contributed by atoms with van der Waals surface area (Å²) in [5, 5.41) is 14.5. The predicted molar refractivity (Wildman–Crippen MR) is 119 cm³/mol. The molecule has 0 saturated carbocycles. The highest BCUT2D eigenvalue weighted by Gasteiger charge is 2.19. The number of nitrogens with zero attached hydrogens (tertiary/aromatic N) is 1. The summed E-state index contributed by atoms with van der Waals surface area (Å²) >= 11 is 0. The molecule has 2 rings (SSSR count). The summed E-state index contributed by atoms with van der Waals surface area (Å²) in [6, 6.07) is 17.5. The van der Waals surface area contributed by atoms with Gasteiger partial charge < -0.3 is 21.1 Å². The molecule has 8 heteroatoms. The fourth-order valence-corrected chi connectivity index (χ4v) is 3.07. The lowest BCUT2D eigenvalue weighted by atomic mass is 10.0. The smallest absolute Gasteiger partial charge is 0.407 e. The summed E-state index contributed by atoms with van der Waals surface area (Å²) in [6.07, 6.45) is 1.95. The molecule has 8 nitrogen and oxygen atoms in total. The second-order valence-corrected chi connectivity index (χ2v) is 7.29. The minimum atomic E-state index is -0.877. The van der Waals surface area contributed by atoms with E-state index in [0.717, 1.165) is 12.0 Å². The number of nitrogens with two attached hydrogens (primary N) is 1. The van der Waals surface area contributed by atoms with E-state index in [1.165, 1.54) is 0 Å². The van der Waals surface area contributed by atoms with Crippen LogP contribution in [-0.2, 0) is 27.4 Å². The van der Waals surface area contributed by atoms with Crippen LogP contribution in [0.4, 0.5) is 4.79 Å². The fourth-order valence-electron chi connectivity index (χ4n) is 3.07. The van der Waals surface area contributed by atoms with Crippen LogP contribution in [0.2, 0.25) is 0 Å². The average molecular weight is 437 g/mol. The van der Waals surface area contributed by atoms with Crippen LogP contribution in [0.1, 0.15) is 42.4 Å². The summed E-state index contributed by atoms with van der Waals surface area (Å²) in [7, 11) is 0.